The molecule has 0 saturated carbocycles. The second kappa shape index (κ2) is 11.6. The molecule has 8 nitrogen and oxygen atoms in total. The lowest BCUT2D eigenvalue weighted by atomic mass is 10.1. The Labute approximate surface area is 271 Å². The third-order valence-corrected chi connectivity index (χ3v) is 10.3. The van der Waals surface area contributed by atoms with Crippen molar-refractivity contribution >= 4 is 43.0 Å². The molecule has 0 spiro atoms. The highest BCUT2D eigenvalue weighted by molar-refractivity contribution is 8.06. The molecule has 3 heterocycles. The Bertz CT molecular complexity index is 2430. The van der Waals surface area contributed by atoms with Crippen LogP contribution in [0.3, 0.4) is 0 Å². The number of nitrogens with one attached hydrogen (secondary N) is 1. The number of nitrogens with two attached hydrogens (primary N) is 1. The predicted molar refractivity (Wildman–Crippen MR) is 178 cm³/mol. The highest BCUT2D eigenvalue weighted by atomic mass is 32.2. The molecule has 0 radical (unpaired) electrons. The maximum atomic E-state index is 14.1. The summed E-state index contributed by atoms with van der Waals surface area (Å²) in [4.78, 5) is 17.4. The third kappa shape index (κ3) is 5.27. The normalized spacial score (nSPS) is 11.6. The molecule has 0 aliphatic carbocycles. The van der Waals surface area contributed by atoms with Crippen molar-refractivity contribution in [3.05, 3.63) is 132 Å². The minimum atomic E-state index is -4.54. The number of anilines is 1. The lowest BCUT2D eigenvalue weighted by Crippen LogP contribution is -2.16. The lowest BCUT2D eigenvalue weighted by molar-refractivity contribution is 0.107. The summed E-state index contributed by atoms with van der Waals surface area (Å²) < 4.78 is 62.5. The van der Waals surface area contributed by atoms with Crippen molar-refractivity contribution in [2.24, 2.45) is 0 Å². The number of H-pyrrole nitrogens is 1. The van der Waals surface area contributed by atoms with Gasteiger partial charge in [-0.15, -0.1) is 11.3 Å². The van der Waals surface area contributed by atoms with Crippen molar-refractivity contribution in [1.29, 1.82) is 0 Å². The van der Waals surface area contributed by atoms with Gasteiger partial charge in [0.2, 0.25) is 15.7 Å². The van der Waals surface area contributed by atoms with E-state index in [9.17, 15) is 22.0 Å². The number of nitrogens with zero attached hydrogens (tertiary/aromatic N) is 2. The number of sulfone groups is 1. The minimum absolute atomic E-state index is 0.0569. The number of halogens is 2. The first-order valence-corrected chi connectivity index (χ1v) is 16.6. The van der Waals surface area contributed by atoms with Crippen molar-refractivity contribution in [1.82, 2.24) is 14.8 Å². The van der Waals surface area contributed by atoms with Gasteiger partial charge < -0.3 is 15.5 Å². The first kappa shape index (κ1) is 30.1. The largest absolute Gasteiger partial charge is 0.454 e. The number of hydrogen-bond donors (Lipinski definition) is 2. The van der Waals surface area contributed by atoms with Gasteiger partial charge in [-0.25, -0.2) is 17.5 Å². The van der Waals surface area contributed by atoms with Crippen LogP contribution in [0.25, 0.3) is 38.2 Å². The van der Waals surface area contributed by atoms with E-state index in [-0.39, 0.29) is 33.5 Å². The van der Waals surface area contributed by atoms with Crippen LogP contribution >= 0.6 is 11.3 Å². The average Bonchev–Trinajstić information content (AvgIpc) is 3.83. The van der Waals surface area contributed by atoms with Crippen LogP contribution in [-0.2, 0) is 9.84 Å². The van der Waals surface area contributed by atoms with Crippen molar-refractivity contribution in [2.75, 3.05) is 5.73 Å². The number of nitrogen functional groups attached to an aromatic ring is 1. The Kier molecular flexibility index (Phi) is 7.45. The van der Waals surface area contributed by atoms with Gasteiger partial charge in [0.25, 0.3) is 5.12 Å². The Balaban J connectivity index is 1.22. The summed E-state index contributed by atoms with van der Waals surface area (Å²) in [6, 6.07) is 25.6. The Morgan fingerprint density at radius 2 is 1.70 bits per heavy atom. The fourth-order valence-electron chi connectivity index (χ4n) is 5.46. The van der Waals surface area contributed by atoms with Crippen molar-refractivity contribution in [3.63, 3.8) is 0 Å². The Morgan fingerprint density at radius 1 is 0.915 bits per heavy atom. The van der Waals surface area contributed by atoms with Crippen LogP contribution in [0.2, 0.25) is 0 Å². The number of aryl methyl sites for hydroxylation is 1. The van der Waals surface area contributed by atoms with Gasteiger partial charge in [0, 0.05) is 32.5 Å². The summed E-state index contributed by atoms with van der Waals surface area (Å²) in [6.07, 6.45) is 1.43. The zero-order valence-electron chi connectivity index (χ0n) is 24.6. The number of aromatic amines is 1. The number of rotatable bonds is 7. The second-order valence-electron chi connectivity index (χ2n) is 10.7. The monoisotopic (exact) mass is 666 g/mol. The third-order valence-electron chi connectivity index (χ3n) is 7.73. The van der Waals surface area contributed by atoms with Crippen LogP contribution in [0.15, 0.2) is 114 Å². The molecule has 234 valence electrons. The van der Waals surface area contributed by atoms with E-state index in [2.05, 4.69) is 10.1 Å². The van der Waals surface area contributed by atoms with E-state index in [1.54, 1.807) is 60.7 Å². The van der Waals surface area contributed by atoms with Gasteiger partial charge in [-0.2, -0.15) is 9.49 Å². The first-order chi connectivity index (χ1) is 22.6. The van der Waals surface area contributed by atoms with Crippen molar-refractivity contribution < 1.29 is 26.7 Å². The Hall–Kier alpha value is -5.59. The zero-order chi connectivity index (χ0) is 32.9. The maximum absolute atomic E-state index is 14.1. The van der Waals surface area contributed by atoms with Crippen molar-refractivity contribution in [3.8, 4) is 38.8 Å². The van der Waals surface area contributed by atoms with Crippen LogP contribution in [0.1, 0.15) is 16.1 Å². The fraction of sp³-hybridized carbons (Fsp3) is 0.0286. The number of hydrogen-bond acceptors (Lipinski definition) is 7. The van der Waals surface area contributed by atoms with E-state index in [4.69, 9.17) is 10.5 Å². The lowest BCUT2D eigenvalue weighted by Gasteiger charge is -2.13. The minimum Gasteiger partial charge on any atom is -0.454 e. The van der Waals surface area contributed by atoms with Crippen LogP contribution in [-0.4, -0.2) is 28.3 Å². The predicted octanol–water partition coefficient (Wildman–Crippen LogP) is 8.32. The number of thiophene rings is 1. The molecule has 3 aromatic heterocycles. The highest BCUT2D eigenvalue weighted by Gasteiger charge is 2.32. The van der Waals surface area contributed by atoms with Gasteiger partial charge >= 0.3 is 0 Å². The molecular weight excluding hydrogens is 643 g/mol. The van der Waals surface area contributed by atoms with Gasteiger partial charge in [-0.3, -0.25) is 4.79 Å². The van der Waals surface area contributed by atoms with Crippen molar-refractivity contribution in [2.45, 2.75) is 11.8 Å². The molecule has 7 rings (SSSR count). The maximum Gasteiger partial charge on any atom is 0.297 e. The standard InChI is InChI=1S/C35H24F2N4O4S2/c1-20-17-21(45-30-11-5-9-26(36)33(30)37)14-15-29(20)41-34(38)25(19-39-41)23-7-2-3-13-32(23)47(43,44)35(42)28-18-24-22(31-12-6-16-46-31)8-4-10-27(24)40-28/h2-19,40H,38H2,1H3. The van der Waals surface area contributed by atoms with E-state index in [0.29, 0.717) is 22.3 Å². The molecule has 3 N–H and O–H groups in total. The summed E-state index contributed by atoms with van der Waals surface area (Å²) in [5.74, 6) is -2.01. The molecule has 0 fully saturated rings. The SMILES string of the molecule is Cc1cc(Oc2cccc(F)c2F)ccc1-n1ncc(-c2ccccc2S(=O)(=O)C(=O)c2cc3c(-c4cccs4)cccc3[nH]2)c1N. The number of ether oxygens (including phenoxy) is 1. The van der Waals surface area contributed by atoms with Gasteiger partial charge in [0.15, 0.2) is 11.6 Å². The fourth-order valence-corrected chi connectivity index (χ4v) is 7.55. The summed E-state index contributed by atoms with van der Waals surface area (Å²) >= 11 is 1.55. The van der Waals surface area contributed by atoms with E-state index in [1.165, 1.54) is 35.1 Å². The average molecular weight is 667 g/mol. The number of carbonyl (C=O) groups excluding carboxylic acids is 1. The summed E-state index contributed by atoms with van der Waals surface area (Å²) in [5.41, 5.74) is 9.70. The zero-order valence-corrected chi connectivity index (χ0v) is 26.2. The molecule has 4 aromatic carbocycles. The van der Waals surface area contributed by atoms with Crippen LogP contribution < -0.4 is 10.5 Å². The number of carbonyl (C=O) groups is 1. The molecule has 0 aliphatic rings. The molecule has 47 heavy (non-hydrogen) atoms. The highest BCUT2D eigenvalue weighted by Crippen LogP contribution is 2.37. The van der Waals surface area contributed by atoms with Crippen LogP contribution in [0.5, 0.6) is 11.5 Å². The van der Waals surface area contributed by atoms with Gasteiger partial charge in [0.1, 0.15) is 11.6 Å². The van der Waals surface area contributed by atoms with Gasteiger partial charge in [-0.05, 0) is 72.5 Å². The van der Waals surface area contributed by atoms with Gasteiger partial charge in [-0.1, -0.05) is 42.5 Å². The summed E-state index contributed by atoms with van der Waals surface area (Å²) in [7, 11) is -4.54. The second-order valence-corrected chi connectivity index (χ2v) is 13.4. The van der Waals surface area contributed by atoms with E-state index in [1.807, 2.05) is 29.6 Å². The molecular formula is C35H24F2N4O4S2. The molecule has 0 bridgehead atoms. The number of aromatic nitrogens is 3. The number of fused-ring (bicyclic) bond motifs is 1. The number of benzene rings is 4. The topological polar surface area (TPSA) is 120 Å². The van der Waals surface area contributed by atoms with Crippen LogP contribution in [0.4, 0.5) is 14.6 Å². The van der Waals surface area contributed by atoms with E-state index in [0.717, 1.165) is 21.9 Å². The quantitative estimate of drug-likeness (QED) is 0.177. The summed E-state index contributed by atoms with van der Waals surface area (Å²) in [6.45, 7) is 1.76. The Morgan fingerprint density at radius 3 is 2.49 bits per heavy atom. The first-order valence-electron chi connectivity index (χ1n) is 14.2. The molecule has 0 amide bonds. The van der Waals surface area contributed by atoms with E-state index >= 15 is 0 Å². The summed E-state index contributed by atoms with van der Waals surface area (Å²) in [5, 5.41) is 6.01. The van der Waals surface area contributed by atoms with E-state index < -0.39 is 26.6 Å². The molecule has 0 saturated heterocycles. The molecule has 12 heteroatoms. The molecule has 0 unspecified atom stereocenters. The molecule has 0 atom stereocenters. The molecule has 0 aliphatic heterocycles. The van der Waals surface area contributed by atoms with Gasteiger partial charge in [0.05, 0.1) is 22.5 Å². The smallest absolute Gasteiger partial charge is 0.297 e. The van der Waals surface area contributed by atoms with Crippen LogP contribution in [0, 0.1) is 18.6 Å². The molecule has 7 aromatic rings.